The Bertz CT molecular complexity index is 345. The average molecular weight is 214 g/mol. The van der Waals surface area contributed by atoms with Gasteiger partial charge in [-0.25, -0.2) is 4.68 Å². The first-order valence-corrected chi connectivity index (χ1v) is 4.95. The zero-order valence-electron chi connectivity index (χ0n) is 7.94. The number of aromatic nitrogens is 4. The summed E-state index contributed by atoms with van der Waals surface area (Å²) in [7, 11) is 1.84. The Kier molecular flexibility index (Phi) is 2.79. The van der Waals surface area contributed by atoms with Gasteiger partial charge in [-0.3, -0.25) is 0 Å². The maximum Gasteiger partial charge on any atom is 0.155 e. The van der Waals surface area contributed by atoms with Crippen molar-refractivity contribution in [3.63, 3.8) is 0 Å². The molecule has 1 aromatic rings. The van der Waals surface area contributed by atoms with E-state index in [4.69, 9.17) is 11.6 Å². The minimum absolute atomic E-state index is 0.0833. The number of rotatable bonds is 2. The molecule has 0 saturated carbocycles. The van der Waals surface area contributed by atoms with Crippen LogP contribution in [0.5, 0.6) is 0 Å². The Morgan fingerprint density at radius 3 is 3.21 bits per heavy atom. The van der Waals surface area contributed by atoms with Crippen molar-refractivity contribution in [1.82, 2.24) is 25.5 Å². The topological polar surface area (TPSA) is 55.6 Å². The molecule has 1 aliphatic heterocycles. The second-order valence-electron chi connectivity index (χ2n) is 3.37. The van der Waals surface area contributed by atoms with Crippen LogP contribution in [-0.4, -0.2) is 38.7 Å². The van der Waals surface area contributed by atoms with Gasteiger partial charge in [0, 0.05) is 26.6 Å². The Morgan fingerprint density at radius 1 is 1.71 bits per heavy atom. The van der Waals surface area contributed by atoms with Gasteiger partial charge in [0.1, 0.15) is 0 Å². The fraction of sp³-hybridized carbons (Fsp3) is 0.625. The molecule has 0 spiro atoms. The first-order valence-electron chi connectivity index (χ1n) is 4.51. The zero-order chi connectivity index (χ0) is 9.97. The Labute approximate surface area is 87.1 Å². The van der Waals surface area contributed by atoms with E-state index in [1.165, 1.54) is 5.57 Å². The van der Waals surface area contributed by atoms with Crippen molar-refractivity contribution in [3.05, 3.63) is 17.5 Å². The summed E-state index contributed by atoms with van der Waals surface area (Å²) in [5.74, 6) is 0.865. The first-order chi connectivity index (χ1) is 6.75. The average Bonchev–Trinajstić information content (AvgIpc) is 2.52. The van der Waals surface area contributed by atoms with Crippen LogP contribution in [-0.2, 0) is 13.5 Å². The predicted molar refractivity (Wildman–Crippen MR) is 53.1 cm³/mol. The molecular weight excluding hydrogens is 202 g/mol. The van der Waals surface area contributed by atoms with Crippen molar-refractivity contribution in [3.8, 4) is 0 Å². The third-order valence-corrected chi connectivity index (χ3v) is 2.48. The number of aryl methyl sites for hydroxylation is 1. The van der Waals surface area contributed by atoms with Crippen LogP contribution in [0.15, 0.2) is 11.6 Å². The van der Waals surface area contributed by atoms with E-state index >= 15 is 0 Å². The second-order valence-corrected chi connectivity index (χ2v) is 3.93. The molecule has 0 saturated heterocycles. The lowest BCUT2D eigenvalue weighted by atomic mass is 10.1. The second kappa shape index (κ2) is 4.06. The molecule has 5 nitrogen and oxygen atoms in total. The molecule has 2 heterocycles. The molecule has 2 rings (SSSR count). The van der Waals surface area contributed by atoms with Crippen molar-refractivity contribution in [2.75, 3.05) is 13.1 Å². The summed E-state index contributed by atoms with van der Waals surface area (Å²) in [6.45, 7) is 1.71. The monoisotopic (exact) mass is 213 g/mol. The lowest BCUT2D eigenvalue weighted by molar-refractivity contribution is 0.659. The quantitative estimate of drug-likeness (QED) is 0.550. The smallest absolute Gasteiger partial charge is 0.155 e. The highest BCUT2D eigenvalue weighted by atomic mass is 35.5. The molecule has 14 heavy (non-hydrogen) atoms. The fourth-order valence-corrected chi connectivity index (χ4v) is 1.75. The molecule has 0 fully saturated rings. The highest BCUT2D eigenvalue weighted by molar-refractivity contribution is 6.22. The van der Waals surface area contributed by atoms with E-state index in [0.717, 1.165) is 25.3 Å². The standard InChI is InChI=1S/C8H12ClN5/c1-14-8(11-12-13-14)3-6-2-7(9)5-10-4-6/h2,7,10H,3-5H2,1H3. The van der Waals surface area contributed by atoms with E-state index in [-0.39, 0.29) is 5.38 Å². The molecule has 0 bridgehead atoms. The van der Waals surface area contributed by atoms with Gasteiger partial charge in [-0.2, -0.15) is 0 Å². The van der Waals surface area contributed by atoms with Gasteiger partial charge in [-0.15, -0.1) is 16.7 Å². The van der Waals surface area contributed by atoms with Gasteiger partial charge in [-0.05, 0) is 10.4 Å². The Balaban J connectivity index is 2.07. The summed E-state index contributed by atoms with van der Waals surface area (Å²) in [4.78, 5) is 0. The lowest BCUT2D eigenvalue weighted by Crippen LogP contribution is -2.30. The summed E-state index contributed by atoms with van der Waals surface area (Å²) in [6.07, 6.45) is 2.84. The van der Waals surface area contributed by atoms with E-state index in [9.17, 15) is 0 Å². The van der Waals surface area contributed by atoms with Gasteiger partial charge in [0.05, 0.1) is 5.38 Å². The van der Waals surface area contributed by atoms with Gasteiger partial charge in [0.25, 0.3) is 0 Å². The van der Waals surface area contributed by atoms with Gasteiger partial charge in [0.2, 0.25) is 0 Å². The number of hydrogen-bond donors (Lipinski definition) is 1. The minimum Gasteiger partial charge on any atom is -0.311 e. The predicted octanol–water partition coefficient (Wildman–Crippen LogP) is -0.110. The van der Waals surface area contributed by atoms with Crippen molar-refractivity contribution in [1.29, 1.82) is 0 Å². The molecule has 1 atom stereocenters. The van der Waals surface area contributed by atoms with E-state index < -0.39 is 0 Å². The van der Waals surface area contributed by atoms with Crippen LogP contribution in [0, 0.1) is 0 Å². The third kappa shape index (κ3) is 2.10. The molecule has 0 amide bonds. The van der Waals surface area contributed by atoms with E-state index in [2.05, 4.69) is 26.9 Å². The molecule has 1 unspecified atom stereocenters. The summed E-state index contributed by atoms with van der Waals surface area (Å²) >= 11 is 5.99. The Morgan fingerprint density at radius 2 is 2.57 bits per heavy atom. The van der Waals surface area contributed by atoms with Gasteiger partial charge in [0.15, 0.2) is 5.82 Å². The van der Waals surface area contributed by atoms with Gasteiger partial charge >= 0.3 is 0 Å². The Hall–Kier alpha value is -0.940. The molecule has 6 heteroatoms. The van der Waals surface area contributed by atoms with Crippen LogP contribution < -0.4 is 5.32 Å². The van der Waals surface area contributed by atoms with Gasteiger partial charge < -0.3 is 5.32 Å². The molecule has 0 aromatic carbocycles. The molecular formula is C8H12ClN5. The number of tetrazole rings is 1. The number of alkyl halides is 1. The SMILES string of the molecule is Cn1nnnc1CC1=CC(Cl)CNC1. The molecule has 1 aromatic heterocycles. The molecule has 76 valence electrons. The van der Waals surface area contributed by atoms with Crippen molar-refractivity contribution in [2.24, 2.45) is 7.05 Å². The normalized spacial score (nSPS) is 22.1. The third-order valence-electron chi connectivity index (χ3n) is 2.20. The summed E-state index contributed by atoms with van der Waals surface area (Å²) in [5, 5.41) is 14.6. The maximum absolute atomic E-state index is 5.99. The fourth-order valence-electron chi connectivity index (χ4n) is 1.47. The summed E-state index contributed by atoms with van der Waals surface area (Å²) < 4.78 is 1.68. The number of nitrogens with one attached hydrogen (secondary N) is 1. The van der Waals surface area contributed by atoms with Gasteiger partial charge in [-0.1, -0.05) is 11.6 Å². The van der Waals surface area contributed by atoms with Crippen molar-refractivity contribution in [2.45, 2.75) is 11.8 Å². The van der Waals surface area contributed by atoms with E-state index in [1.807, 2.05) is 7.05 Å². The molecule has 0 radical (unpaired) electrons. The lowest BCUT2D eigenvalue weighted by Gasteiger charge is -2.17. The van der Waals surface area contributed by atoms with E-state index in [0.29, 0.717) is 0 Å². The molecule has 0 aliphatic carbocycles. The van der Waals surface area contributed by atoms with Crippen LogP contribution in [0.3, 0.4) is 0 Å². The summed E-state index contributed by atoms with van der Waals surface area (Å²) in [5.41, 5.74) is 1.24. The zero-order valence-corrected chi connectivity index (χ0v) is 8.70. The summed E-state index contributed by atoms with van der Waals surface area (Å²) in [6, 6.07) is 0. The highest BCUT2D eigenvalue weighted by Gasteiger charge is 2.12. The molecule has 1 N–H and O–H groups in total. The van der Waals surface area contributed by atoms with Crippen LogP contribution >= 0.6 is 11.6 Å². The number of nitrogens with zero attached hydrogens (tertiary/aromatic N) is 4. The number of halogens is 1. The highest BCUT2D eigenvalue weighted by Crippen LogP contribution is 2.10. The van der Waals surface area contributed by atoms with Crippen LogP contribution in [0.25, 0.3) is 0 Å². The number of hydrogen-bond acceptors (Lipinski definition) is 4. The van der Waals surface area contributed by atoms with Crippen LogP contribution in [0.4, 0.5) is 0 Å². The molecule has 1 aliphatic rings. The first kappa shape index (κ1) is 9.61. The maximum atomic E-state index is 5.99. The largest absolute Gasteiger partial charge is 0.311 e. The van der Waals surface area contributed by atoms with E-state index in [1.54, 1.807) is 4.68 Å². The van der Waals surface area contributed by atoms with Crippen molar-refractivity contribution < 1.29 is 0 Å². The van der Waals surface area contributed by atoms with Crippen LogP contribution in [0.2, 0.25) is 0 Å². The van der Waals surface area contributed by atoms with Crippen LogP contribution in [0.1, 0.15) is 5.82 Å². The minimum atomic E-state index is 0.0833. The van der Waals surface area contributed by atoms with Crippen molar-refractivity contribution >= 4 is 11.6 Å².